The molecule has 1 unspecified atom stereocenters. The molecule has 5 nitrogen and oxygen atoms in total. The number of carboxylic acid groups (broad SMARTS) is 1. The Balaban J connectivity index is 2.19. The van der Waals surface area contributed by atoms with E-state index in [4.69, 9.17) is 9.47 Å². The van der Waals surface area contributed by atoms with Gasteiger partial charge in [-0.2, -0.15) is 0 Å². The molecule has 0 saturated carbocycles. The van der Waals surface area contributed by atoms with E-state index < -0.39 is 12.0 Å². The highest BCUT2D eigenvalue weighted by atomic mass is 16.5. The third-order valence-electron chi connectivity index (χ3n) is 4.36. The van der Waals surface area contributed by atoms with Crippen LogP contribution in [0.15, 0.2) is 42.5 Å². The normalized spacial score (nSPS) is 12.0. The van der Waals surface area contributed by atoms with Crippen molar-refractivity contribution >= 4 is 5.97 Å². The van der Waals surface area contributed by atoms with E-state index in [1.807, 2.05) is 63.2 Å². The Labute approximate surface area is 155 Å². The van der Waals surface area contributed by atoms with Crippen LogP contribution in [0.5, 0.6) is 11.5 Å². The second-order valence-corrected chi connectivity index (χ2v) is 6.60. The number of nitrogens with one attached hydrogen (secondary N) is 1. The average Bonchev–Trinajstić information content (AvgIpc) is 2.61. The van der Waals surface area contributed by atoms with Crippen LogP contribution in [0.4, 0.5) is 0 Å². The van der Waals surface area contributed by atoms with Gasteiger partial charge in [0.2, 0.25) is 0 Å². The van der Waals surface area contributed by atoms with Crippen molar-refractivity contribution in [3.05, 3.63) is 59.2 Å². The molecular weight excluding hydrogens is 330 g/mol. The highest BCUT2D eigenvalue weighted by Crippen LogP contribution is 2.32. The van der Waals surface area contributed by atoms with E-state index >= 15 is 0 Å². The first-order valence-corrected chi connectivity index (χ1v) is 8.73. The summed E-state index contributed by atoms with van der Waals surface area (Å²) < 4.78 is 11.5. The minimum absolute atomic E-state index is 0.0190. The molecule has 0 aliphatic rings. The zero-order valence-electron chi connectivity index (χ0n) is 15.8. The summed E-state index contributed by atoms with van der Waals surface area (Å²) in [5.41, 5.74) is 3.13. The molecule has 0 aliphatic heterocycles. The van der Waals surface area contributed by atoms with Crippen molar-refractivity contribution in [1.29, 1.82) is 0 Å². The lowest BCUT2D eigenvalue weighted by molar-refractivity contribution is -0.140. The zero-order chi connectivity index (χ0) is 19.1. The molecule has 0 amide bonds. The molecule has 0 heterocycles. The van der Waals surface area contributed by atoms with Gasteiger partial charge in [-0.25, -0.2) is 0 Å². The van der Waals surface area contributed by atoms with Gasteiger partial charge >= 0.3 is 5.97 Å². The summed E-state index contributed by atoms with van der Waals surface area (Å²) in [5, 5.41) is 12.5. The maximum Gasteiger partial charge on any atom is 0.320 e. The minimum atomic E-state index is -0.856. The third-order valence-corrected chi connectivity index (χ3v) is 4.36. The number of carboxylic acids is 1. The lowest BCUT2D eigenvalue weighted by atomic mass is 10.0. The highest BCUT2D eigenvalue weighted by molar-refractivity contribution is 5.73. The second kappa shape index (κ2) is 9.25. The van der Waals surface area contributed by atoms with Gasteiger partial charge in [-0.1, -0.05) is 50.2 Å². The molecule has 2 rings (SSSR count). The van der Waals surface area contributed by atoms with Gasteiger partial charge < -0.3 is 14.6 Å². The Kier molecular flexibility index (Phi) is 7.04. The topological polar surface area (TPSA) is 67.8 Å². The van der Waals surface area contributed by atoms with Crippen molar-refractivity contribution in [2.24, 2.45) is 5.92 Å². The number of benzene rings is 2. The number of carbonyl (C=O) groups is 1. The molecule has 0 fully saturated rings. The number of para-hydroxylation sites is 1. The minimum Gasteiger partial charge on any atom is -0.493 e. The van der Waals surface area contributed by atoms with Gasteiger partial charge in [0, 0.05) is 12.1 Å². The van der Waals surface area contributed by atoms with E-state index in [-0.39, 0.29) is 5.92 Å². The van der Waals surface area contributed by atoms with E-state index in [1.54, 1.807) is 7.11 Å². The largest absolute Gasteiger partial charge is 0.493 e. The van der Waals surface area contributed by atoms with Gasteiger partial charge in [-0.15, -0.1) is 0 Å². The number of aryl methyl sites for hydroxylation is 1. The lowest BCUT2D eigenvalue weighted by Gasteiger charge is -2.20. The van der Waals surface area contributed by atoms with Crippen LogP contribution in [0.3, 0.4) is 0 Å². The molecular formula is C21H27NO4. The molecule has 2 aromatic rings. The monoisotopic (exact) mass is 357 g/mol. The predicted molar refractivity (Wildman–Crippen MR) is 102 cm³/mol. The zero-order valence-corrected chi connectivity index (χ0v) is 15.8. The van der Waals surface area contributed by atoms with Crippen molar-refractivity contribution in [2.45, 2.75) is 40.0 Å². The fourth-order valence-corrected chi connectivity index (χ4v) is 2.78. The Bertz CT molecular complexity index is 743. The van der Waals surface area contributed by atoms with Gasteiger partial charge in [-0.05, 0) is 30.0 Å². The van der Waals surface area contributed by atoms with Gasteiger partial charge in [0.1, 0.15) is 12.6 Å². The molecule has 26 heavy (non-hydrogen) atoms. The molecule has 1 atom stereocenters. The third kappa shape index (κ3) is 4.99. The van der Waals surface area contributed by atoms with Crippen LogP contribution < -0.4 is 14.8 Å². The van der Waals surface area contributed by atoms with Gasteiger partial charge in [0.05, 0.1) is 7.11 Å². The number of aliphatic carboxylic acids is 1. The van der Waals surface area contributed by atoms with E-state index in [2.05, 4.69) is 5.32 Å². The molecule has 140 valence electrons. The summed E-state index contributed by atoms with van der Waals surface area (Å²) in [6, 6.07) is 13.1. The summed E-state index contributed by atoms with van der Waals surface area (Å²) in [6.45, 7) is 6.62. The molecule has 2 aromatic carbocycles. The lowest BCUT2D eigenvalue weighted by Crippen LogP contribution is -2.40. The number of hydrogen-bond acceptors (Lipinski definition) is 4. The van der Waals surface area contributed by atoms with E-state index in [9.17, 15) is 9.90 Å². The summed E-state index contributed by atoms with van der Waals surface area (Å²) in [4.78, 5) is 11.4. The first kappa shape index (κ1) is 19.8. The van der Waals surface area contributed by atoms with Crippen LogP contribution >= 0.6 is 0 Å². The first-order valence-electron chi connectivity index (χ1n) is 8.73. The number of methoxy groups -OCH3 is 1. The van der Waals surface area contributed by atoms with E-state index in [0.29, 0.717) is 24.7 Å². The number of hydrogen-bond donors (Lipinski definition) is 2. The highest BCUT2D eigenvalue weighted by Gasteiger charge is 2.21. The Morgan fingerprint density at radius 3 is 2.42 bits per heavy atom. The van der Waals surface area contributed by atoms with Crippen LogP contribution in [0.25, 0.3) is 0 Å². The maximum atomic E-state index is 11.4. The SMILES string of the molecule is COc1cccc(CNC(C(=O)O)C(C)C)c1OCc1ccccc1C. The fraction of sp³-hybridized carbons (Fsp3) is 0.381. The first-order chi connectivity index (χ1) is 12.4. The smallest absolute Gasteiger partial charge is 0.320 e. The maximum absolute atomic E-state index is 11.4. The molecule has 5 heteroatoms. The van der Waals surface area contributed by atoms with Crippen molar-refractivity contribution in [3.63, 3.8) is 0 Å². The summed E-state index contributed by atoms with van der Waals surface area (Å²) in [5.74, 6) is 0.396. The van der Waals surface area contributed by atoms with Crippen LogP contribution in [-0.2, 0) is 17.9 Å². The second-order valence-electron chi connectivity index (χ2n) is 6.60. The van der Waals surface area contributed by atoms with Gasteiger partial charge in [0.25, 0.3) is 0 Å². The number of ether oxygens (including phenoxy) is 2. The summed E-state index contributed by atoms with van der Waals surface area (Å²) >= 11 is 0. The van der Waals surface area contributed by atoms with Crippen LogP contribution in [0, 0.1) is 12.8 Å². The quantitative estimate of drug-likeness (QED) is 0.715. The van der Waals surface area contributed by atoms with Crippen LogP contribution in [0.2, 0.25) is 0 Å². The van der Waals surface area contributed by atoms with E-state index in [0.717, 1.165) is 16.7 Å². The number of rotatable bonds is 9. The van der Waals surface area contributed by atoms with Crippen molar-refractivity contribution in [3.8, 4) is 11.5 Å². The molecule has 0 aliphatic carbocycles. The molecule has 0 aromatic heterocycles. The molecule has 0 bridgehead atoms. The van der Waals surface area contributed by atoms with Gasteiger partial charge in [-0.3, -0.25) is 10.1 Å². The molecule has 0 radical (unpaired) electrons. The fourth-order valence-electron chi connectivity index (χ4n) is 2.78. The van der Waals surface area contributed by atoms with Gasteiger partial charge in [0.15, 0.2) is 11.5 Å². The standard InChI is InChI=1S/C21H27NO4/c1-14(2)19(21(23)24)22-12-16-10-7-11-18(25-4)20(16)26-13-17-9-6-5-8-15(17)3/h5-11,14,19,22H,12-13H2,1-4H3,(H,23,24). The summed E-state index contributed by atoms with van der Waals surface area (Å²) in [6.07, 6.45) is 0. The molecule has 0 saturated heterocycles. The molecule has 0 spiro atoms. The van der Waals surface area contributed by atoms with Crippen molar-refractivity contribution < 1.29 is 19.4 Å². The van der Waals surface area contributed by atoms with Crippen molar-refractivity contribution in [1.82, 2.24) is 5.32 Å². The van der Waals surface area contributed by atoms with Crippen LogP contribution in [-0.4, -0.2) is 24.2 Å². The van der Waals surface area contributed by atoms with Crippen molar-refractivity contribution in [2.75, 3.05) is 7.11 Å². The van der Waals surface area contributed by atoms with Crippen LogP contribution in [0.1, 0.15) is 30.5 Å². The predicted octanol–water partition coefficient (Wildman–Crippen LogP) is 3.78. The Morgan fingerprint density at radius 2 is 1.81 bits per heavy atom. The summed E-state index contributed by atoms with van der Waals surface area (Å²) in [7, 11) is 1.60. The average molecular weight is 357 g/mol. The Hall–Kier alpha value is -2.53. The molecule has 2 N–H and O–H groups in total. The van der Waals surface area contributed by atoms with E-state index in [1.165, 1.54) is 0 Å². The Morgan fingerprint density at radius 1 is 1.12 bits per heavy atom.